The minimum absolute atomic E-state index is 0.100. The zero-order valence-corrected chi connectivity index (χ0v) is 15.2. The molecule has 2 fully saturated rings. The summed E-state index contributed by atoms with van der Waals surface area (Å²) in [5, 5.41) is 3.25. The molecule has 0 aliphatic heterocycles. The minimum atomic E-state index is -0.100. The number of benzene rings is 1. The minimum Gasteiger partial charge on any atom is -0.493 e. The highest BCUT2D eigenvalue weighted by atomic mass is 16.5. The highest BCUT2D eigenvalue weighted by Crippen LogP contribution is 2.41. The van der Waals surface area contributed by atoms with Crippen LogP contribution in [0.2, 0.25) is 0 Å². The Morgan fingerprint density at radius 3 is 2.08 bits per heavy atom. The fourth-order valence-electron chi connectivity index (χ4n) is 4.47. The van der Waals surface area contributed by atoms with Gasteiger partial charge in [0.05, 0.1) is 21.3 Å². The van der Waals surface area contributed by atoms with Crippen LogP contribution in [-0.4, -0.2) is 39.3 Å². The maximum absolute atomic E-state index is 12.9. The molecule has 6 nitrogen and oxygen atoms in total. The molecule has 3 rings (SSSR count). The van der Waals surface area contributed by atoms with Crippen LogP contribution in [0.1, 0.15) is 42.5 Å². The van der Waals surface area contributed by atoms with Gasteiger partial charge >= 0.3 is 0 Å². The van der Waals surface area contributed by atoms with Crippen LogP contribution in [-0.2, 0) is 0 Å². The second-order valence-electron chi connectivity index (χ2n) is 7.10. The monoisotopic (exact) mass is 348 g/mol. The summed E-state index contributed by atoms with van der Waals surface area (Å²) in [6.07, 6.45) is 5.51. The molecule has 0 heterocycles. The van der Waals surface area contributed by atoms with Gasteiger partial charge in [-0.25, -0.2) is 0 Å². The van der Waals surface area contributed by atoms with Crippen LogP contribution in [0.25, 0.3) is 0 Å². The van der Waals surface area contributed by atoms with Crippen LogP contribution in [0, 0.1) is 11.8 Å². The third kappa shape index (κ3) is 3.54. The fourth-order valence-corrected chi connectivity index (χ4v) is 4.47. The number of nitrogens with two attached hydrogens (primary N) is 1. The summed E-state index contributed by atoms with van der Waals surface area (Å²) in [5.74, 6) is 2.32. The van der Waals surface area contributed by atoms with Crippen molar-refractivity contribution >= 4 is 5.91 Å². The number of nitrogens with one attached hydrogen (secondary N) is 1. The molecule has 1 aromatic carbocycles. The summed E-state index contributed by atoms with van der Waals surface area (Å²) in [6.45, 7) is 0. The molecule has 0 spiro atoms. The quantitative estimate of drug-likeness (QED) is 0.853. The molecule has 0 radical (unpaired) electrons. The number of hydrogen-bond acceptors (Lipinski definition) is 5. The first-order valence-electron chi connectivity index (χ1n) is 8.93. The summed E-state index contributed by atoms with van der Waals surface area (Å²) in [7, 11) is 4.64. The van der Waals surface area contributed by atoms with Crippen molar-refractivity contribution in [3.63, 3.8) is 0 Å². The number of amides is 1. The largest absolute Gasteiger partial charge is 0.493 e. The zero-order chi connectivity index (χ0) is 18.0. The number of carbonyl (C=O) groups is 1. The van der Waals surface area contributed by atoms with Crippen molar-refractivity contribution in [2.45, 2.75) is 44.2 Å². The van der Waals surface area contributed by atoms with E-state index in [2.05, 4.69) is 5.32 Å². The molecule has 1 aromatic rings. The first-order chi connectivity index (χ1) is 12.1. The van der Waals surface area contributed by atoms with E-state index < -0.39 is 0 Å². The van der Waals surface area contributed by atoms with Crippen LogP contribution in [0.15, 0.2) is 12.1 Å². The highest BCUT2D eigenvalue weighted by molar-refractivity contribution is 5.95. The lowest BCUT2D eigenvalue weighted by atomic mass is 9.67. The van der Waals surface area contributed by atoms with Gasteiger partial charge in [0.25, 0.3) is 5.91 Å². The van der Waals surface area contributed by atoms with E-state index in [9.17, 15) is 4.79 Å². The predicted octanol–water partition coefficient (Wildman–Crippen LogP) is 2.35. The maximum Gasteiger partial charge on any atom is 0.251 e. The van der Waals surface area contributed by atoms with Crippen LogP contribution in [0.3, 0.4) is 0 Å². The van der Waals surface area contributed by atoms with Gasteiger partial charge in [-0.15, -0.1) is 0 Å². The van der Waals surface area contributed by atoms with E-state index in [1.807, 2.05) is 0 Å². The van der Waals surface area contributed by atoms with E-state index in [0.29, 0.717) is 34.6 Å². The lowest BCUT2D eigenvalue weighted by molar-refractivity contribution is 0.0755. The van der Waals surface area contributed by atoms with E-state index in [-0.39, 0.29) is 18.0 Å². The van der Waals surface area contributed by atoms with Crippen molar-refractivity contribution in [3.05, 3.63) is 17.7 Å². The molecule has 2 atom stereocenters. The Kier molecular flexibility index (Phi) is 5.37. The van der Waals surface area contributed by atoms with Gasteiger partial charge in [-0.2, -0.15) is 0 Å². The average molecular weight is 348 g/mol. The van der Waals surface area contributed by atoms with Crippen molar-refractivity contribution in [1.82, 2.24) is 5.32 Å². The van der Waals surface area contributed by atoms with E-state index in [0.717, 1.165) is 25.7 Å². The predicted molar refractivity (Wildman–Crippen MR) is 95.4 cm³/mol. The Morgan fingerprint density at radius 1 is 1.04 bits per heavy atom. The van der Waals surface area contributed by atoms with Gasteiger partial charge in [0.15, 0.2) is 11.5 Å². The number of fused-ring (bicyclic) bond motifs is 2. The Morgan fingerprint density at radius 2 is 1.60 bits per heavy atom. The third-order valence-electron chi connectivity index (χ3n) is 5.60. The number of rotatable bonds is 5. The molecule has 2 aliphatic rings. The molecular weight excluding hydrogens is 320 g/mol. The third-order valence-corrected chi connectivity index (χ3v) is 5.60. The summed E-state index contributed by atoms with van der Waals surface area (Å²) >= 11 is 0. The van der Waals surface area contributed by atoms with Crippen LogP contribution >= 0.6 is 0 Å². The number of methoxy groups -OCH3 is 3. The summed E-state index contributed by atoms with van der Waals surface area (Å²) in [6, 6.07) is 3.87. The summed E-state index contributed by atoms with van der Waals surface area (Å²) in [4.78, 5) is 12.9. The van der Waals surface area contributed by atoms with Crippen LogP contribution in [0.5, 0.6) is 17.2 Å². The topological polar surface area (TPSA) is 82.8 Å². The highest BCUT2D eigenvalue weighted by Gasteiger charge is 2.40. The standard InChI is InChI=1S/C19H28N2O4/c1-23-15-9-13(10-16(24-2)18(15)25-3)19(22)21-17-11-5-4-6-12(17)8-14(20)7-11/h9-12,14,17H,4-8,20H2,1-3H3,(H,21,22). The molecule has 6 heteroatoms. The summed E-state index contributed by atoms with van der Waals surface area (Å²) < 4.78 is 16.0. The first kappa shape index (κ1) is 17.9. The molecule has 3 N–H and O–H groups in total. The zero-order valence-electron chi connectivity index (χ0n) is 15.2. The van der Waals surface area contributed by atoms with Crippen molar-refractivity contribution < 1.29 is 19.0 Å². The fraction of sp³-hybridized carbons (Fsp3) is 0.632. The van der Waals surface area contributed by atoms with E-state index in [1.54, 1.807) is 33.5 Å². The van der Waals surface area contributed by atoms with E-state index >= 15 is 0 Å². The maximum atomic E-state index is 12.9. The number of ether oxygens (including phenoxy) is 3. The molecule has 2 bridgehead atoms. The van der Waals surface area contributed by atoms with Gasteiger partial charge in [0.1, 0.15) is 0 Å². The second kappa shape index (κ2) is 7.52. The van der Waals surface area contributed by atoms with Gasteiger partial charge in [0.2, 0.25) is 5.75 Å². The lowest BCUT2D eigenvalue weighted by Crippen LogP contribution is -2.53. The molecule has 0 aromatic heterocycles. The van der Waals surface area contributed by atoms with Crippen molar-refractivity contribution in [2.24, 2.45) is 17.6 Å². The molecule has 1 amide bonds. The smallest absolute Gasteiger partial charge is 0.251 e. The SMILES string of the molecule is COc1cc(C(=O)NC2C3CCCC2CC(N)C3)cc(OC)c1OC. The van der Waals surface area contributed by atoms with Crippen molar-refractivity contribution in [1.29, 1.82) is 0 Å². The number of hydrogen-bond donors (Lipinski definition) is 2. The number of carbonyl (C=O) groups excluding carboxylic acids is 1. The van der Waals surface area contributed by atoms with Crippen LogP contribution in [0.4, 0.5) is 0 Å². The second-order valence-corrected chi connectivity index (χ2v) is 7.10. The first-order valence-corrected chi connectivity index (χ1v) is 8.93. The Bertz CT molecular complexity index is 595. The van der Waals surface area contributed by atoms with Crippen LogP contribution < -0.4 is 25.3 Å². The lowest BCUT2D eigenvalue weighted by Gasteiger charge is -2.45. The molecule has 2 aliphatic carbocycles. The molecule has 0 saturated heterocycles. The Hall–Kier alpha value is -1.95. The van der Waals surface area contributed by atoms with Gasteiger partial charge in [-0.1, -0.05) is 6.42 Å². The molecule has 25 heavy (non-hydrogen) atoms. The van der Waals surface area contributed by atoms with Crippen molar-refractivity contribution in [2.75, 3.05) is 21.3 Å². The molecule has 2 saturated carbocycles. The van der Waals surface area contributed by atoms with Gasteiger partial charge in [-0.3, -0.25) is 4.79 Å². The van der Waals surface area contributed by atoms with E-state index in [4.69, 9.17) is 19.9 Å². The Balaban J connectivity index is 1.81. The van der Waals surface area contributed by atoms with E-state index in [1.165, 1.54) is 6.42 Å². The normalized spacial score (nSPS) is 28.2. The van der Waals surface area contributed by atoms with Crippen molar-refractivity contribution in [3.8, 4) is 17.2 Å². The van der Waals surface area contributed by atoms with Gasteiger partial charge in [0, 0.05) is 17.6 Å². The molecule has 2 unspecified atom stereocenters. The van der Waals surface area contributed by atoms with Gasteiger partial charge < -0.3 is 25.3 Å². The Labute approximate surface area is 149 Å². The summed E-state index contributed by atoms with van der Waals surface area (Å²) in [5.41, 5.74) is 6.69. The van der Waals surface area contributed by atoms with Gasteiger partial charge in [-0.05, 0) is 49.7 Å². The molecule has 138 valence electrons. The average Bonchev–Trinajstić information content (AvgIpc) is 2.60. The molecular formula is C19H28N2O4.